The number of carbonyl (C=O) groups is 3. The molecule has 0 radical (unpaired) electrons. The minimum atomic E-state index is -0.750. The number of ether oxygens (including phenoxy) is 3. The van der Waals surface area contributed by atoms with Crippen LogP contribution in [-0.2, 0) is 14.3 Å². The van der Waals surface area contributed by atoms with Gasteiger partial charge in [0.05, 0.1) is 30.8 Å². The topological polar surface area (TPSA) is 94.2 Å². The molecule has 0 fully saturated rings. The van der Waals surface area contributed by atoms with Crippen molar-refractivity contribution >= 4 is 29.4 Å². The summed E-state index contributed by atoms with van der Waals surface area (Å²) in [5.41, 5.74) is 0.117. The predicted octanol–water partition coefficient (Wildman–Crippen LogP) is 1.74. The van der Waals surface area contributed by atoms with E-state index in [0.717, 1.165) is 0 Å². The van der Waals surface area contributed by atoms with E-state index in [9.17, 15) is 14.4 Å². The average molecular weight is 401 g/mol. The highest BCUT2D eigenvalue weighted by Crippen LogP contribution is 2.36. The van der Waals surface area contributed by atoms with E-state index in [1.807, 2.05) is 13.8 Å². The van der Waals surface area contributed by atoms with Gasteiger partial charge in [0, 0.05) is 14.1 Å². The lowest BCUT2D eigenvalue weighted by molar-refractivity contribution is -0.131. The molecule has 9 heteroatoms. The van der Waals surface area contributed by atoms with Gasteiger partial charge in [0.2, 0.25) is 5.91 Å². The van der Waals surface area contributed by atoms with E-state index in [1.165, 1.54) is 24.1 Å². The lowest BCUT2D eigenvalue weighted by Gasteiger charge is -2.15. The van der Waals surface area contributed by atoms with Crippen molar-refractivity contribution in [2.24, 2.45) is 5.92 Å². The molecule has 0 aliphatic heterocycles. The van der Waals surface area contributed by atoms with Crippen molar-refractivity contribution in [2.75, 3.05) is 41.0 Å². The van der Waals surface area contributed by atoms with Gasteiger partial charge in [-0.3, -0.25) is 9.59 Å². The third kappa shape index (κ3) is 7.34. The highest BCUT2D eigenvalue weighted by molar-refractivity contribution is 6.32. The maximum absolute atomic E-state index is 12.2. The van der Waals surface area contributed by atoms with Crippen LogP contribution in [0.25, 0.3) is 0 Å². The minimum Gasteiger partial charge on any atom is -0.493 e. The van der Waals surface area contributed by atoms with E-state index in [0.29, 0.717) is 12.4 Å². The molecule has 0 saturated heterocycles. The Kier molecular flexibility index (Phi) is 8.87. The maximum atomic E-state index is 12.2. The zero-order chi connectivity index (χ0) is 20.6. The van der Waals surface area contributed by atoms with Crippen molar-refractivity contribution in [3.8, 4) is 11.5 Å². The summed E-state index contributed by atoms with van der Waals surface area (Å²) in [6.45, 7) is 3.72. The standard InChI is InChI=1S/C18H25ClN2O6/c1-11(2)9-26-17-13(19)6-12(7-14(17)25-5)18(24)27-10-15(22)20-8-16(23)21(3)4/h6-7,11H,8-10H2,1-5H3,(H,20,22). The van der Waals surface area contributed by atoms with Gasteiger partial charge in [0.1, 0.15) is 0 Å². The third-order valence-electron chi connectivity index (χ3n) is 3.30. The van der Waals surface area contributed by atoms with Crippen LogP contribution in [-0.4, -0.2) is 63.6 Å². The first-order valence-electron chi connectivity index (χ1n) is 8.30. The number of rotatable bonds is 9. The van der Waals surface area contributed by atoms with E-state index < -0.39 is 18.5 Å². The monoisotopic (exact) mass is 400 g/mol. The summed E-state index contributed by atoms with van der Waals surface area (Å²) in [7, 11) is 4.57. The summed E-state index contributed by atoms with van der Waals surface area (Å²) >= 11 is 6.18. The zero-order valence-electron chi connectivity index (χ0n) is 16.1. The van der Waals surface area contributed by atoms with Gasteiger partial charge in [0.25, 0.3) is 5.91 Å². The summed E-state index contributed by atoms with van der Waals surface area (Å²) in [6.07, 6.45) is 0. The van der Waals surface area contributed by atoms with Crippen LogP contribution in [0.1, 0.15) is 24.2 Å². The van der Waals surface area contributed by atoms with Crippen molar-refractivity contribution in [3.63, 3.8) is 0 Å². The number of hydrogen-bond donors (Lipinski definition) is 1. The molecule has 0 aliphatic carbocycles. The molecule has 0 aromatic heterocycles. The molecule has 2 amide bonds. The van der Waals surface area contributed by atoms with Gasteiger partial charge in [-0.2, -0.15) is 0 Å². The second kappa shape index (κ2) is 10.6. The Morgan fingerprint density at radius 1 is 1.22 bits per heavy atom. The highest BCUT2D eigenvalue weighted by atomic mass is 35.5. The van der Waals surface area contributed by atoms with Crippen LogP contribution in [0.3, 0.4) is 0 Å². The van der Waals surface area contributed by atoms with Gasteiger partial charge in [-0.15, -0.1) is 0 Å². The van der Waals surface area contributed by atoms with E-state index in [4.69, 9.17) is 25.8 Å². The number of nitrogens with zero attached hydrogens (tertiary/aromatic N) is 1. The molecular formula is C18H25ClN2O6. The third-order valence-corrected chi connectivity index (χ3v) is 3.58. The molecule has 0 bridgehead atoms. The summed E-state index contributed by atoms with van der Waals surface area (Å²) in [5, 5.41) is 2.56. The molecule has 0 aliphatic rings. The maximum Gasteiger partial charge on any atom is 0.338 e. The van der Waals surface area contributed by atoms with E-state index in [2.05, 4.69) is 5.32 Å². The number of esters is 1. The molecule has 8 nitrogen and oxygen atoms in total. The summed E-state index contributed by atoms with van der Waals surface area (Å²) in [6, 6.07) is 2.81. The van der Waals surface area contributed by atoms with Gasteiger partial charge in [0.15, 0.2) is 18.1 Å². The molecule has 0 unspecified atom stereocenters. The molecule has 1 rings (SSSR count). The molecule has 0 atom stereocenters. The fourth-order valence-corrected chi connectivity index (χ4v) is 2.09. The number of benzene rings is 1. The second-order valence-corrected chi connectivity index (χ2v) is 6.74. The van der Waals surface area contributed by atoms with Crippen molar-refractivity contribution in [2.45, 2.75) is 13.8 Å². The van der Waals surface area contributed by atoms with Gasteiger partial charge < -0.3 is 24.4 Å². The molecule has 0 saturated carbocycles. The van der Waals surface area contributed by atoms with Crippen molar-refractivity contribution in [1.82, 2.24) is 10.2 Å². The Labute approximate surface area is 163 Å². The Morgan fingerprint density at radius 2 is 1.89 bits per heavy atom. The van der Waals surface area contributed by atoms with E-state index >= 15 is 0 Å². The first-order valence-corrected chi connectivity index (χ1v) is 8.67. The predicted molar refractivity (Wildman–Crippen MR) is 100 cm³/mol. The van der Waals surface area contributed by atoms with Crippen LogP contribution in [0, 0.1) is 5.92 Å². The number of halogens is 1. The number of carbonyl (C=O) groups excluding carboxylic acids is 3. The molecule has 1 aromatic rings. The van der Waals surface area contributed by atoms with Gasteiger partial charge in [-0.25, -0.2) is 4.79 Å². The number of hydrogen-bond acceptors (Lipinski definition) is 6. The fourth-order valence-electron chi connectivity index (χ4n) is 1.83. The molecule has 0 spiro atoms. The summed E-state index contributed by atoms with van der Waals surface area (Å²) in [4.78, 5) is 36.6. The minimum absolute atomic E-state index is 0.117. The van der Waals surface area contributed by atoms with Crippen molar-refractivity contribution in [3.05, 3.63) is 22.7 Å². The lowest BCUT2D eigenvalue weighted by atomic mass is 10.2. The Balaban J connectivity index is 2.70. The van der Waals surface area contributed by atoms with Crippen LogP contribution < -0.4 is 14.8 Å². The first kappa shape index (κ1) is 22.6. The zero-order valence-corrected chi connectivity index (χ0v) is 16.9. The number of methoxy groups -OCH3 is 1. The normalized spacial score (nSPS) is 10.3. The number of amides is 2. The van der Waals surface area contributed by atoms with Gasteiger partial charge >= 0.3 is 5.97 Å². The Bertz CT molecular complexity index is 691. The second-order valence-electron chi connectivity index (χ2n) is 6.34. The molecule has 1 aromatic carbocycles. The quantitative estimate of drug-likeness (QED) is 0.634. The average Bonchev–Trinajstić information content (AvgIpc) is 2.61. The molecule has 1 N–H and O–H groups in total. The largest absolute Gasteiger partial charge is 0.493 e. The van der Waals surface area contributed by atoms with E-state index in [-0.39, 0.29) is 34.7 Å². The molecule has 0 heterocycles. The summed E-state index contributed by atoms with van der Waals surface area (Å²) < 4.78 is 15.8. The SMILES string of the molecule is COc1cc(C(=O)OCC(=O)NCC(=O)N(C)C)cc(Cl)c1OCC(C)C. The van der Waals surface area contributed by atoms with Crippen LogP contribution in [0.4, 0.5) is 0 Å². The van der Waals surface area contributed by atoms with Gasteiger partial charge in [-0.05, 0) is 18.1 Å². The number of likely N-dealkylation sites (N-methyl/N-ethyl adjacent to an activating group) is 1. The van der Waals surface area contributed by atoms with Crippen LogP contribution in [0.15, 0.2) is 12.1 Å². The smallest absolute Gasteiger partial charge is 0.338 e. The molecular weight excluding hydrogens is 376 g/mol. The van der Waals surface area contributed by atoms with E-state index in [1.54, 1.807) is 14.1 Å². The Hall–Kier alpha value is -2.48. The van der Waals surface area contributed by atoms with Crippen LogP contribution in [0.2, 0.25) is 5.02 Å². The summed E-state index contributed by atoms with van der Waals surface area (Å²) in [5.74, 6) is -0.704. The van der Waals surface area contributed by atoms with Gasteiger partial charge in [-0.1, -0.05) is 25.4 Å². The van der Waals surface area contributed by atoms with Crippen LogP contribution in [0.5, 0.6) is 11.5 Å². The Morgan fingerprint density at radius 3 is 2.44 bits per heavy atom. The van der Waals surface area contributed by atoms with Crippen molar-refractivity contribution in [1.29, 1.82) is 0 Å². The van der Waals surface area contributed by atoms with Crippen molar-refractivity contribution < 1.29 is 28.6 Å². The van der Waals surface area contributed by atoms with Crippen LogP contribution >= 0.6 is 11.6 Å². The molecule has 150 valence electrons. The fraction of sp³-hybridized carbons (Fsp3) is 0.500. The highest BCUT2D eigenvalue weighted by Gasteiger charge is 2.18. The molecule has 27 heavy (non-hydrogen) atoms. The lowest BCUT2D eigenvalue weighted by Crippen LogP contribution is -2.38. The first-order chi connectivity index (χ1) is 12.6. The number of nitrogens with one attached hydrogen (secondary N) is 1.